The molecule has 0 aromatic heterocycles. The number of carbonyl (C=O) groups is 2. The van der Waals surface area contributed by atoms with Gasteiger partial charge in [-0.1, -0.05) is 87.5 Å². The van der Waals surface area contributed by atoms with Crippen LogP contribution in [0.2, 0.25) is 0 Å². The van der Waals surface area contributed by atoms with Crippen molar-refractivity contribution in [1.29, 1.82) is 0 Å². The van der Waals surface area contributed by atoms with Crippen molar-refractivity contribution in [3.63, 3.8) is 0 Å². The summed E-state index contributed by atoms with van der Waals surface area (Å²) >= 11 is 0. The summed E-state index contributed by atoms with van der Waals surface area (Å²) in [5.74, 6) is -2.25. The summed E-state index contributed by atoms with van der Waals surface area (Å²) in [5.41, 5.74) is 6.01. The SMILES string of the molecule is CC(C)(C)c1ccc(CNC2CC2c2ccc(C(=O)NCc3ccccc3)cc2)cc1.O=C(O)C(F)(F)F. The maximum Gasteiger partial charge on any atom is 0.490 e. The molecule has 1 aliphatic rings. The van der Waals surface area contributed by atoms with Crippen molar-refractivity contribution in [2.75, 3.05) is 0 Å². The molecule has 3 N–H and O–H groups in total. The van der Waals surface area contributed by atoms with Crippen LogP contribution in [0.1, 0.15) is 65.7 Å². The lowest BCUT2D eigenvalue weighted by atomic mass is 9.87. The van der Waals surface area contributed by atoms with Gasteiger partial charge in [0.25, 0.3) is 5.91 Å². The lowest BCUT2D eigenvalue weighted by Gasteiger charge is -2.19. The third-order valence-corrected chi connectivity index (χ3v) is 6.32. The smallest absolute Gasteiger partial charge is 0.475 e. The predicted molar refractivity (Wildman–Crippen MR) is 141 cm³/mol. The monoisotopic (exact) mass is 526 g/mol. The first-order valence-electron chi connectivity index (χ1n) is 12.4. The number of aliphatic carboxylic acids is 1. The summed E-state index contributed by atoms with van der Waals surface area (Å²) in [5, 5.41) is 13.8. The van der Waals surface area contributed by atoms with Gasteiger partial charge in [0.2, 0.25) is 0 Å². The lowest BCUT2D eigenvalue weighted by molar-refractivity contribution is -0.192. The van der Waals surface area contributed by atoms with Crippen molar-refractivity contribution in [3.8, 4) is 0 Å². The van der Waals surface area contributed by atoms with E-state index in [0.717, 1.165) is 18.5 Å². The second kappa shape index (κ2) is 12.3. The number of nitrogens with one attached hydrogen (secondary N) is 2. The molecular weight excluding hydrogens is 493 g/mol. The van der Waals surface area contributed by atoms with E-state index in [0.29, 0.717) is 24.1 Å². The number of carboxylic acids is 1. The first-order valence-corrected chi connectivity index (χ1v) is 12.4. The van der Waals surface area contributed by atoms with Gasteiger partial charge < -0.3 is 15.7 Å². The molecule has 1 amide bonds. The van der Waals surface area contributed by atoms with Crippen molar-refractivity contribution in [2.45, 2.75) is 63.8 Å². The molecule has 3 aromatic carbocycles. The molecule has 5 nitrogen and oxygen atoms in total. The summed E-state index contributed by atoms with van der Waals surface area (Å²) in [6, 6.07) is 27.5. The van der Waals surface area contributed by atoms with Crippen LogP contribution in [0, 0.1) is 0 Å². The highest BCUT2D eigenvalue weighted by Crippen LogP contribution is 2.41. The highest BCUT2D eigenvalue weighted by Gasteiger charge is 2.38. The predicted octanol–water partition coefficient (Wildman–Crippen LogP) is 6.19. The van der Waals surface area contributed by atoms with Gasteiger partial charge in [-0.3, -0.25) is 4.79 Å². The van der Waals surface area contributed by atoms with Gasteiger partial charge >= 0.3 is 12.1 Å². The van der Waals surface area contributed by atoms with Gasteiger partial charge in [0, 0.05) is 30.6 Å². The Morgan fingerprint density at radius 3 is 1.92 bits per heavy atom. The maximum absolute atomic E-state index is 12.4. The molecule has 4 rings (SSSR count). The fraction of sp³-hybridized carbons (Fsp3) is 0.333. The van der Waals surface area contributed by atoms with Crippen LogP contribution in [-0.4, -0.2) is 29.2 Å². The summed E-state index contributed by atoms with van der Waals surface area (Å²) in [6.45, 7) is 8.17. The van der Waals surface area contributed by atoms with Crippen LogP contribution in [0.5, 0.6) is 0 Å². The van der Waals surface area contributed by atoms with Gasteiger partial charge in [0.05, 0.1) is 0 Å². The van der Waals surface area contributed by atoms with Crippen LogP contribution in [0.25, 0.3) is 0 Å². The molecule has 3 aromatic rings. The van der Waals surface area contributed by atoms with E-state index in [4.69, 9.17) is 9.90 Å². The summed E-state index contributed by atoms with van der Waals surface area (Å²) in [6.07, 6.45) is -3.93. The molecule has 0 saturated heterocycles. The van der Waals surface area contributed by atoms with Crippen molar-refractivity contribution < 1.29 is 27.9 Å². The van der Waals surface area contributed by atoms with Crippen molar-refractivity contribution in [1.82, 2.24) is 10.6 Å². The molecule has 0 radical (unpaired) electrons. The molecule has 2 unspecified atom stereocenters. The number of benzene rings is 3. The molecule has 8 heteroatoms. The normalized spacial score (nSPS) is 16.7. The van der Waals surface area contributed by atoms with E-state index in [1.165, 1.54) is 16.7 Å². The second-order valence-corrected chi connectivity index (χ2v) is 10.4. The van der Waals surface area contributed by atoms with Crippen molar-refractivity contribution >= 4 is 11.9 Å². The van der Waals surface area contributed by atoms with Gasteiger partial charge in [0.1, 0.15) is 0 Å². The van der Waals surface area contributed by atoms with Crippen LogP contribution in [0.4, 0.5) is 13.2 Å². The first-order chi connectivity index (χ1) is 17.8. The number of hydrogen-bond donors (Lipinski definition) is 3. The van der Waals surface area contributed by atoms with E-state index in [1.54, 1.807) is 0 Å². The van der Waals surface area contributed by atoms with Crippen molar-refractivity contribution in [2.24, 2.45) is 0 Å². The molecular formula is C30H33F3N2O3. The Balaban J connectivity index is 0.000000505. The Morgan fingerprint density at radius 2 is 1.39 bits per heavy atom. The number of hydrogen-bond acceptors (Lipinski definition) is 3. The zero-order valence-corrected chi connectivity index (χ0v) is 21.7. The number of amides is 1. The standard InChI is InChI=1S/C28H32N2O.C2HF3O2/c1-28(2,3)24-15-9-21(10-16-24)18-29-26-17-25(26)22-11-13-23(14-12-22)27(31)30-19-20-7-5-4-6-8-20;3-2(4,5)1(6)7/h4-16,25-26,29H,17-19H2,1-3H3,(H,30,31);(H,6,7). The minimum absolute atomic E-state index is 0.0282. The Hall–Kier alpha value is -3.65. The van der Waals surface area contributed by atoms with Crippen LogP contribution < -0.4 is 10.6 Å². The van der Waals surface area contributed by atoms with E-state index in [9.17, 15) is 18.0 Å². The van der Waals surface area contributed by atoms with Gasteiger partial charge in [-0.25, -0.2) is 4.79 Å². The van der Waals surface area contributed by atoms with Crippen molar-refractivity contribution in [3.05, 3.63) is 107 Å². The third-order valence-electron chi connectivity index (χ3n) is 6.32. The van der Waals surface area contributed by atoms with Crippen LogP contribution in [0.3, 0.4) is 0 Å². The van der Waals surface area contributed by atoms with E-state index < -0.39 is 12.1 Å². The highest BCUT2D eigenvalue weighted by molar-refractivity contribution is 5.94. The van der Waals surface area contributed by atoms with Gasteiger partial charge in [-0.2, -0.15) is 13.2 Å². The number of alkyl halides is 3. The highest BCUT2D eigenvalue weighted by atomic mass is 19.4. The molecule has 202 valence electrons. The second-order valence-electron chi connectivity index (χ2n) is 10.4. The zero-order chi connectivity index (χ0) is 27.9. The topological polar surface area (TPSA) is 78.4 Å². The van der Waals surface area contributed by atoms with Crippen LogP contribution in [-0.2, 0) is 23.3 Å². The fourth-order valence-corrected chi connectivity index (χ4v) is 3.92. The van der Waals surface area contributed by atoms with Gasteiger partial charge in [-0.05, 0) is 46.2 Å². The molecule has 1 saturated carbocycles. The maximum atomic E-state index is 12.4. The summed E-state index contributed by atoms with van der Waals surface area (Å²) < 4.78 is 31.7. The van der Waals surface area contributed by atoms with E-state index in [2.05, 4.69) is 67.8 Å². The average Bonchev–Trinajstić information content (AvgIpc) is 3.66. The Morgan fingerprint density at radius 1 is 0.842 bits per heavy atom. The molecule has 1 aliphatic carbocycles. The minimum atomic E-state index is -5.08. The molecule has 0 heterocycles. The molecule has 38 heavy (non-hydrogen) atoms. The number of rotatable bonds is 7. The minimum Gasteiger partial charge on any atom is -0.475 e. The van der Waals surface area contributed by atoms with Crippen LogP contribution >= 0.6 is 0 Å². The van der Waals surface area contributed by atoms with Gasteiger partial charge in [-0.15, -0.1) is 0 Å². The van der Waals surface area contributed by atoms with E-state index in [1.807, 2.05) is 42.5 Å². The largest absolute Gasteiger partial charge is 0.490 e. The van der Waals surface area contributed by atoms with Gasteiger partial charge in [0.15, 0.2) is 0 Å². The third kappa shape index (κ3) is 8.73. The first kappa shape index (κ1) is 28.9. The molecule has 0 spiro atoms. The summed E-state index contributed by atoms with van der Waals surface area (Å²) in [7, 11) is 0. The lowest BCUT2D eigenvalue weighted by Crippen LogP contribution is -2.22. The number of halogens is 3. The molecule has 0 aliphatic heterocycles. The Labute approximate surface area is 221 Å². The van der Waals surface area contributed by atoms with E-state index in [-0.39, 0.29) is 11.3 Å². The van der Waals surface area contributed by atoms with E-state index >= 15 is 0 Å². The zero-order valence-electron chi connectivity index (χ0n) is 21.7. The fourth-order valence-electron chi connectivity index (χ4n) is 3.92. The Bertz CT molecular complexity index is 1200. The number of carboxylic acid groups (broad SMARTS) is 1. The van der Waals surface area contributed by atoms with Crippen LogP contribution in [0.15, 0.2) is 78.9 Å². The molecule has 2 atom stereocenters. The molecule has 1 fully saturated rings. The molecule has 0 bridgehead atoms. The quantitative estimate of drug-likeness (QED) is 0.343. The summed E-state index contributed by atoms with van der Waals surface area (Å²) in [4.78, 5) is 21.3. The number of carbonyl (C=O) groups excluding carboxylic acids is 1. The average molecular weight is 527 g/mol. The Kier molecular flexibility index (Phi) is 9.33.